The Morgan fingerprint density at radius 3 is 1.36 bits per heavy atom. The van der Waals surface area contributed by atoms with Gasteiger partial charge in [0.15, 0.2) is 0 Å². The highest BCUT2D eigenvalue weighted by Crippen LogP contribution is 1.99. The summed E-state index contributed by atoms with van der Waals surface area (Å²) in [5.74, 6) is 0. The van der Waals surface area contributed by atoms with Gasteiger partial charge in [-0.2, -0.15) is 0 Å². The third-order valence-corrected chi connectivity index (χ3v) is 3.12. The molecule has 1 radical (unpaired) electrons. The molecule has 1 rings (SSSR count). The molecule has 0 fully saturated rings. The SMILES string of the molecule is [CH2]COCCOCCOCCOCCOCCOCc1ccccc1. The summed E-state index contributed by atoms with van der Waals surface area (Å²) in [4.78, 5) is 0. The van der Waals surface area contributed by atoms with Crippen LogP contribution in [-0.4, -0.2) is 72.7 Å². The Hall–Kier alpha value is -1.02. The molecule has 0 aromatic heterocycles. The van der Waals surface area contributed by atoms with Crippen LogP contribution in [0.3, 0.4) is 0 Å². The van der Waals surface area contributed by atoms with Crippen LogP contribution in [0.15, 0.2) is 30.3 Å². The van der Waals surface area contributed by atoms with E-state index >= 15 is 0 Å². The molecule has 0 aliphatic rings. The number of hydrogen-bond donors (Lipinski definition) is 0. The standard InChI is InChI=1S/C19H31O6/c1-2-20-8-9-21-10-11-22-12-13-23-14-15-24-16-17-25-18-19-6-4-3-5-7-19/h3-7H,1-2,8-18H2. The minimum absolute atomic E-state index is 0.474. The first-order chi connectivity index (χ1) is 12.4. The highest BCUT2D eigenvalue weighted by Gasteiger charge is 1.94. The second kappa shape index (κ2) is 17.8. The minimum Gasteiger partial charge on any atom is -0.379 e. The monoisotopic (exact) mass is 355 g/mol. The Kier molecular flexibility index (Phi) is 15.7. The van der Waals surface area contributed by atoms with Crippen molar-refractivity contribution in [2.24, 2.45) is 0 Å². The van der Waals surface area contributed by atoms with Crippen LogP contribution in [0.4, 0.5) is 0 Å². The maximum absolute atomic E-state index is 5.52. The second-order valence-corrected chi connectivity index (χ2v) is 5.10. The third kappa shape index (κ3) is 15.0. The molecule has 1 aromatic carbocycles. The highest BCUT2D eigenvalue weighted by molar-refractivity contribution is 5.13. The molecule has 0 amide bonds. The van der Waals surface area contributed by atoms with E-state index in [2.05, 4.69) is 6.92 Å². The zero-order valence-corrected chi connectivity index (χ0v) is 15.0. The fraction of sp³-hybridized carbons (Fsp3) is 0.632. The van der Waals surface area contributed by atoms with E-state index < -0.39 is 0 Å². The predicted octanol–water partition coefficient (Wildman–Crippen LogP) is 2.12. The molecule has 0 saturated carbocycles. The van der Waals surface area contributed by atoms with Crippen LogP contribution in [0.5, 0.6) is 0 Å². The Morgan fingerprint density at radius 2 is 0.920 bits per heavy atom. The van der Waals surface area contributed by atoms with E-state index in [-0.39, 0.29) is 0 Å². The Balaban J connectivity index is 1.69. The molecule has 0 aliphatic carbocycles. The van der Waals surface area contributed by atoms with Gasteiger partial charge in [0.1, 0.15) is 0 Å². The van der Waals surface area contributed by atoms with E-state index in [9.17, 15) is 0 Å². The number of hydrogen-bond acceptors (Lipinski definition) is 6. The third-order valence-electron chi connectivity index (χ3n) is 3.12. The summed E-state index contributed by atoms with van der Waals surface area (Å²) in [5, 5.41) is 0. The van der Waals surface area contributed by atoms with Gasteiger partial charge in [-0.05, 0) is 12.5 Å². The van der Waals surface area contributed by atoms with E-state index in [0.29, 0.717) is 79.3 Å². The summed E-state index contributed by atoms with van der Waals surface area (Å²) >= 11 is 0. The van der Waals surface area contributed by atoms with Gasteiger partial charge >= 0.3 is 0 Å². The zero-order valence-electron chi connectivity index (χ0n) is 15.0. The average molecular weight is 355 g/mol. The molecular weight excluding hydrogens is 324 g/mol. The molecule has 6 nitrogen and oxygen atoms in total. The first kappa shape index (κ1) is 22.0. The Morgan fingerprint density at radius 1 is 0.520 bits per heavy atom. The van der Waals surface area contributed by atoms with Crippen molar-refractivity contribution < 1.29 is 28.4 Å². The van der Waals surface area contributed by atoms with Crippen molar-refractivity contribution >= 4 is 0 Å². The summed E-state index contributed by atoms with van der Waals surface area (Å²) in [7, 11) is 0. The predicted molar refractivity (Wildman–Crippen MR) is 95.6 cm³/mol. The van der Waals surface area contributed by atoms with Crippen molar-refractivity contribution in [2.75, 3.05) is 72.7 Å². The normalized spacial score (nSPS) is 11.1. The Labute approximate surface area is 151 Å². The number of rotatable bonds is 18. The lowest BCUT2D eigenvalue weighted by molar-refractivity contribution is -0.0167. The average Bonchev–Trinajstić information content (AvgIpc) is 2.65. The highest BCUT2D eigenvalue weighted by atomic mass is 16.6. The molecule has 0 unspecified atom stereocenters. The molecule has 0 bridgehead atoms. The van der Waals surface area contributed by atoms with E-state index in [1.54, 1.807) is 0 Å². The van der Waals surface area contributed by atoms with Crippen LogP contribution in [0.2, 0.25) is 0 Å². The summed E-state index contributed by atoms with van der Waals surface area (Å²) in [6.45, 7) is 10.3. The van der Waals surface area contributed by atoms with Crippen LogP contribution < -0.4 is 0 Å². The van der Waals surface area contributed by atoms with Gasteiger partial charge in [0, 0.05) is 6.61 Å². The van der Waals surface area contributed by atoms with Crippen LogP contribution in [0.25, 0.3) is 0 Å². The quantitative estimate of drug-likeness (QED) is 0.376. The number of ether oxygens (including phenoxy) is 6. The van der Waals surface area contributed by atoms with Crippen molar-refractivity contribution in [1.29, 1.82) is 0 Å². The molecule has 143 valence electrons. The summed E-state index contributed by atoms with van der Waals surface area (Å²) < 4.78 is 32.1. The van der Waals surface area contributed by atoms with Gasteiger partial charge in [-0.15, -0.1) is 0 Å². The molecule has 0 N–H and O–H groups in total. The van der Waals surface area contributed by atoms with E-state index in [1.165, 1.54) is 5.56 Å². The number of benzene rings is 1. The van der Waals surface area contributed by atoms with Crippen molar-refractivity contribution in [3.05, 3.63) is 42.8 Å². The zero-order chi connectivity index (χ0) is 17.8. The first-order valence-corrected chi connectivity index (χ1v) is 8.73. The van der Waals surface area contributed by atoms with Crippen LogP contribution in [-0.2, 0) is 35.0 Å². The fourth-order valence-corrected chi connectivity index (χ4v) is 1.86. The van der Waals surface area contributed by atoms with Crippen LogP contribution in [0, 0.1) is 6.92 Å². The Bertz CT molecular complexity index is 373. The molecule has 0 aliphatic heterocycles. The fourth-order valence-electron chi connectivity index (χ4n) is 1.86. The van der Waals surface area contributed by atoms with Gasteiger partial charge in [0.05, 0.1) is 72.7 Å². The molecule has 0 atom stereocenters. The largest absolute Gasteiger partial charge is 0.379 e. The molecule has 0 spiro atoms. The molecule has 25 heavy (non-hydrogen) atoms. The summed E-state index contributed by atoms with van der Waals surface area (Å²) in [5.41, 5.74) is 1.17. The lowest BCUT2D eigenvalue weighted by atomic mass is 10.2. The second-order valence-electron chi connectivity index (χ2n) is 5.10. The van der Waals surface area contributed by atoms with Gasteiger partial charge in [-0.25, -0.2) is 0 Å². The maximum Gasteiger partial charge on any atom is 0.0718 e. The van der Waals surface area contributed by atoms with Crippen molar-refractivity contribution in [3.63, 3.8) is 0 Å². The van der Waals surface area contributed by atoms with Gasteiger partial charge < -0.3 is 28.4 Å². The van der Waals surface area contributed by atoms with Gasteiger partial charge in [-0.3, -0.25) is 0 Å². The minimum atomic E-state index is 0.474. The maximum atomic E-state index is 5.52. The lowest BCUT2D eigenvalue weighted by Crippen LogP contribution is -2.14. The van der Waals surface area contributed by atoms with Crippen LogP contribution >= 0.6 is 0 Å². The molecule has 6 heteroatoms. The van der Waals surface area contributed by atoms with Crippen LogP contribution in [0.1, 0.15) is 5.56 Å². The van der Waals surface area contributed by atoms with E-state index in [1.807, 2.05) is 30.3 Å². The van der Waals surface area contributed by atoms with E-state index in [0.717, 1.165) is 0 Å². The van der Waals surface area contributed by atoms with Crippen molar-refractivity contribution in [2.45, 2.75) is 6.61 Å². The van der Waals surface area contributed by atoms with Gasteiger partial charge in [0.2, 0.25) is 0 Å². The lowest BCUT2D eigenvalue weighted by Gasteiger charge is -2.08. The molecule has 1 aromatic rings. The van der Waals surface area contributed by atoms with Gasteiger partial charge in [0.25, 0.3) is 0 Å². The van der Waals surface area contributed by atoms with Crippen molar-refractivity contribution in [3.8, 4) is 0 Å². The molecule has 0 heterocycles. The summed E-state index contributed by atoms with van der Waals surface area (Å²) in [6, 6.07) is 10.1. The summed E-state index contributed by atoms with van der Waals surface area (Å²) in [6.07, 6.45) is 0. The first-order valence-electron chi connectivity index (χ1n) is 8.73. The van der Waals surface area contributed by atoms with Gasteiger partial charge in [-0.1, -0.05) is 30.3 Å². The molecular formula is C19H31O6. The molecule has 0 saturated heterocycles. The topological polar surface area (TPSA) is 55.4 Å². The van der Waals surface area contributed by atoms with E-state index in [4.69, 9.17) is 28.4 Å². The van der Waals surface area contributed by atoms with Crippen molar-refractivity contribution in [1.82, 2.24) is 0 Å². The smallest absolute Gasteiger partial charge is 0.0718 e.